The summed E-state index contributed by atoms with van der Waals surface area (Å²) in [5.74, 6) is 6.66. The van der Waals surface area contributed by atoms with Gasteiger partial charge >= 0.3 is 0 Å². The maximum atomic E-state index is 4.04. The van der Waals surface area contributed by atoms with Crippen LogP contribution in [0, 0.1) is 11.8 Å². The number of aryl methyl sites for hydroxylation is 2. The number of hydrogen-bond donors (Lipinski definition) is 1. The molecule has 0 amide bonds. The lowest BCUT2D eigenvalue weighted by atomic mass is 9.87. The molecule has 0 aromatic heterocycles. The summed E-state index contributed by atoms with van der Waals surface area (Å²) < 4.78 is 0. The van der Waals surface area contributed by atoms with Gasteiger partial charge in [0.05, 0.1) is 5.75 Å². The Bertz CT molecular complexity index is 355. The van der Waals surface area contributed by atoms with Gasteiger partial charge in [-0.1, -0.05) is 17.9 Å². The average Bonchev–Trinajstić information content (AvgIpc) is 2.05. The van der Waals surface area contributed by atoms with Crippen LogP contribution < -0.4 is 0 Å². The molecule has 0 bridgehead atoms. The van der Waals surface area contributed by atoms with Gasteiger partial charge in [0.1, 0.15) is 0 Å². The van der Waals surface area contributed by atoms with Gasteiger partial charge in [-0.15, -0.1) is 0 Å². The van der Waals surface area contributed by atoms with E-state index in [-0.39, 0.29) is 0 Å². The molecule has 0 aliphatic heterocycles. The van der Waals surface area contributed by atoms with Gasteiger partial charge in [0.2, 0.25) is 0 Å². The SMILES string of the molecule is SCC#Cc1ccc2c(c1)CC2. The van der Waals surface area contributed by atoms with E-state index in [1.165, 1.54) is 24.0 Å². The van der Waals surface area contributed by atoms with Crippen molar-refractivity contribution in [3.05, 3.63) is 34.9 Å². The molecule has 0 heterocycles. The van der Waals surface area contributed by atoms with Crippen LogP contribution >= 0.6 is 12.6 Å². The van der Waals surface area contributed by atoms with E-state index >= 15 is 0 Å². The van der Waals surface area contributed by atoms with Crippen molar-refractivity contribution in [2.24, 2.45) is 0 Å². The number of thiol groups is 1. The highest BCUT2D eigenvalue weighted by Crippen LogP contribution is 2.23. The van der Waals surface area contributed by atoms with E-state index in [2.05, 4.69) is 42.7 Å². The molecule has 1 aromatic carbocycles. The molecule has 60 valence electrons. The van der Waals surface area contributed by atoms with Crippen LogP contribution in [0.15, 0.2) is 18.2 Å². The molecule has 1 heteroatoms. The summed E-state index contributed by atoms with van der Waals surface area (Å²) in [5, 5.41) is 0. The monoisotopic (exact) mass is 174 g/mol. The summed E-state index contributed by atoms with van der Waals surface area (Å²) in [6, 6.07) is 6.46. The molecule has 0 saturated heterocycles. The summed E-state index contributed by atoms with van der Waals surface area (Å²) in [4.78, 5) is 0. The lowest BCUT2D eigenvalue weighted by Gasteiger charge is -2.17. The first-order chi connectivity index (χ1) is 5.90. The molecule has 0 unspecified atom stereocenters. The van der Waals surface area contributed by atoms with E-state index in [1.807, 2.05) is 0 Å². The fourth-order valence-corrected chi connectivity index (χ4v) is 1.49. The van der Waals surface area contributed by atoms with E-state index in [4.69, 9.17) is 0 Å². The first kappa shape index (κ1) is 7.76. The predicted octanol–water partition coefficient (Wildman–Crippen LogP) is 2.07. The predicted molar refractivity (Wildman–Crippen MR) is 54.6 cm³/mol. The van der Waals surface area contributed by atoms with E-state index in [9.17, 15) is 0 Å². The van der Waals surface area contributed by atoms with Crippen molar-refractivity contribution in [3.8, 4) is 11.8 Å². The van der Waals surface area contributed by atoms with Crippen molar-refractivity contribution in [1.29, 1.82) is 0 Å². The van der Waals surface area contributed by atoms with Crippen molar-refractivity contribution >= 4 is 12.6 Å². The third kappa shape index (κ3) is 1.35. The zero-order chi connectivity index (χ0) is 8.39. The summed E-state index contributed by atoms with van der Waals surface area (Å²) >= 11 is 4.04. The van der Waals surface area contributed by atoms with Gasteiger partial charge in [-0.05, 0) is 36.1 Å². The minimum absolute atomic E-state index is 0.636. The van der Waals surface area contributed by atoms with Gasteiger partial charge in [-0.2, -0.15) is 12.6 Å². The Morgan fingerprint density at radius 1 is 1.25 bits per heavy atom. The summed E-state index contributed by atoms with van der Waals surface area (Å²) in [6.45, 7) is 0. The normalized spacial score (nSPS) is 12.4. The van der Waals surface area contributed by atoms with E-state index < -0.39 is 0 Å². The fraction of sp³-hybridized carbons (Fsp3) is 0.273. The molecule has 0 fully saturated rings. The number of rotatable bonds is 0. The Kier molecular flexibility index (Phi) is 2.10. The Morgan fingerprint density at radius 3 is 2.67 bits per heavy atom. The molecular formula is C11H10S. The Hall–Kier alpha value is -0.870. The van der Waals surface area contributed by atoms with Crippen molar-refractivity contribution in [2.75, 3.05) is 5.75 Å². The van der Waals surface area contributed by atoms with Crippen LogP contribution in [0.5, 0.6) is 0 Å². The lowest BCUT2D eigenvalue weighted by molar-refractivity contribution is 0.838. The standard InChI is InChI=1S/C11H10S/c12-7-1-2-9-3-4-10-5-6-11(10)8-9/h3-4,8,12H,5-7H2. The quantitative estimate of drug-likeness (QED) is 0.452. The molecule has 12 heavy (non-hydrogen) atoms. The number of hydrogen-bond acceptors (Lipinski definition) is 1. The van der Waals surface area contributed by atoms with Crippen molar-refractivity contribution in [1.82, 2.24) is 0 Å². The molecule has 1 aromatic rings. The highest BCUT2D eigenvalue weighted by atomic mass is 32.1. The molecule has 1 aliphatic carbocycles. The van der Waals surface area contributed by atoms with Gasteiger partial charge in [0, 0.05) is 5.56 Å². The van der Waals surface area contributed by atoms with Crippen LogP contribution in [0.4, 0.5) is 0 Å². The second-order valence-electron chi connectivity index (χ2n) is 2.94. The topological polar surface area (TPSA) is 0 Å². The van der Waals surface area contributed by atoms with Gasteiger partial charge in [0.15, 0.2) is 0 Å². The van der Waals surface area contributed by atoms with Crippen LogP contribution in [0.25, 0.3) is 0 Å². The Balaban J connectivity index is 2.29. The zero-order valence-electron chi connectivity index (χ0n) is 6.80. The van der Waals surface area contributed by atoms with Gasteiger partial charge in [0.25, 0.3) is 0 Å². The molecule has 0 radical (unpaired) electrons. The summed E-state index contributed by atoms with van der Waals surface area (Å²) in [6.07, 6.45) is 2.47. The molecule has 0 atom stereocenters. The number of fused-ring (bicyclic) bond motifs is 1. The van der Waals surface area contributed by atoms with E-state index in [1.54, 1.807) is 0 Å². The van der Waals surface area contributed by atoms with Gasteiger partial charge in [-0.25, -0.2) is 0 Å². The lowest BCUT2D eigenvalue weighted by Crippen LogP contribution is -2.07. The van der Waals surface area contributed by atoms with Crippen molar-refractivity contribution in [2.45, 2.75) is 12.8 Å². The minimum atomic E-state index is 0.636. The summed E-state index contributed by atoms with van der Waals surface area (Å²) in [7, 11) is 0. The minimum Gasteiger partial charge on any atom is -0.166 e. The van der Waals surface area contributed by atoms with Crippen LogP contribution in [-0.2, 0) is 12.8 Å². The van der Waals surface area contributed by atoms with Crippen LogP contribution in [-0.4, -0.2) is 5.75 Å². The maximum absolute atomic E-state index is 4.04. The Labute approximate surface area is 78.4 Å². The molecule has 2 rings (SSSR count). The maximum Gasteiger partial charge on any atom is 0.0521 e. The van der Waals surface area contributed by atoms with Crippen LogP contribution in [0.1, 0.15) is 16.7 Å². The molecule has 0 N–H and O–H groups in total. The molecule has 0 spiro atoms. The summed E-state index contributed by atoms with van der Waals surface area (Å²) in [5.41, 5.74) is 4.09. The number of benzene rings is 1. The zero-order valence-corrected chi connectivity index (χ0v) is 7.70. The first-order valence-corrected chi connectivity index (χ1v) is 4.75. The van der Waals surface area contributed by atoms with Gasteiger partial charge in [-0.3, -0.25) is 0 Å². The first-order valence-electron chi connectivity index (χ1n) is 4.11. The van der Waals surface area contributed by atoms with Crippen molar-refractivity contribution < 1.29 is 0 Å². The second-order valence-corrected chi connectivity index (χ2v) is 3.26. The van der Waals surface area contributed by atoms with Gasteiger partial charge < -0.3 is 0 Å². The molecule has 1 aliphatic rings. The largest absolute Gasteiger partial charge is 0.166 e. The van der Waals surface area contributed by atoms with Crippen molar-refractivity contribution in [3.63, 3.8) is 0 Å². The molecular weight excluding hydrogens is 164 g/mol. The van der Waals surface area contributed by atoms with E-state index in [0.29, 0.717) is 5.75 Å². The van der Waals surface area contributed by atoms with Crippen LogP contribution in [0.3, 0.4) is 0 Å². The smallest absolute Gasteiger partial charge is 0.0521 e. The average molecular weight is 174 g/mol. The third-order valence-electron chi connectivity index (χ3n) is 2.18. The molecule has 0 nitrogen and oxygen atoms in total. The fourth-order valence-electron chi connectivity index (χ4n) is 1.41. The van der Waals surface area contributed by atoms with E-state index in [0.717, 1.165) is 5.56 Å². The second kappa shape index (κ2) is 3.25. The molecule has 0 saturated carbocycles. The van der Waals surface area contributed by atoms with Crippen LogP contribution in [0.2, 0.25) is 0 Å². The Morgan fingerprint density at radius 2 is 2.08 bits per heavy atom. The third-order valence-corrected chi connectivity index (χ3v) is 2.34. The highest BCUT2D eigenvalue weighted by molar-refractivity contribution is 7.80. The highest BCUT2D eigenvalue weighted by Gasteiger charge is 2.11.